The molecule has 4 aromatic rings. The second-order valence-corrected chi connectivity index (χ2v) is 14.0. The van der Waals surface area contributed by atoms with Gasteiger partial charge in [-0.1, -0.05) is 0 Å². The van der Waals surface area contributed by atoms with Crippen molar-refractivity contribution in [3.8, 4) is 23.0 Å². The van der Waals surface area contributed by atoms with Gasteiger partial charge in [0, 0.05) is 48.6 Å². The van der Waals surface area contributed by atoms with Crippen LogP contribution in [0.3, 0.4) is 0 Å². The highest BCUT2D eigenvalue weighted by atomic mass is 16.6. The first-order valence-electron chi connectivity index (χ1n) is 16.7. The molecule has 3 N–H and O–H groups in total. The number of esters is 1. The number of fused-ring (bicyclic) bond motifs is 1. The van der Waals surface area contributed by atoms with E-state index >= 15 is 0 Å². The van der Waals surface area contributed by atoms with Crippen molar-refractivity contribution < 1.29 is 38.0 Å². The van der Waals surface area contributed by atoms with E-state index in [1.807, 2.05) is 54.6 Å². The van der Waals surface area contributed by atoms with Gasteiger partial charge in [-0.3, -0.25) is 0 Å². The number of imidazole rings is 1. The lowest BCUT2D eigenvalue weighted by atomic mass is 10.1. The number of carbonyl (C=O) groups is 2. The average Bonchev–Trinajstić information content (AvgIpc) is 3.49. The first kappa shape index (κ1) is 38.5. The number of benzene rings is 3. The summed E-state index contributed by atoms with van der Waals surface area (Å²) in [6.45, 7) is 11.9. The van der Waals surface area contributed by atoms with Crippen molar-refractivity contribution in [2.45, 2.75) is 78.3 Å². The molecule has 0 saturated heterocycles. The third-order valence-electron chi connectivity index (χ3n) is 7.62. The van der Waals surface area contributed by atoms with Crippen LogP contribution in [0.4, 0.5) is 16.4 Å². The molecule has 0 aliphatic rings. The molecule has 0 aliphatic heterocycles. The van der Waals surface area contributed by atoms with Gasteiger partial charge in [-0.25, -0.2) is 14.6 Å². The fourth-order valence-corrected chi connectivity index (χ4v) is 5.27. The summed E-state index contributed by atoms with van der Waals surface area (Å²) in [4.78, 5) is 36.1. The maximum atomic E-state index is 13.0. The normalized spacial score (nSPS) is 12.1. The van der Waals surface area contributed by atoms with Gasteiger partial charge in [-0.2, -0.15) is 0 Å². The predicted octanol–water partition coefficient (Wildman–Crippen LogP) is 6.84. The molecule has 1 aromatic heterocycles. The Morgan fingerprint density at radius 2 is 1.33 bits per heavy atom. The number of alkyl carbamates (subject to hydrolysis) is 1. The van der Waals surface area contributed by atoms with Gasteiger partial charge in [-0.05, 0) is 90.4 Å². The summed E-state index contributed by atoms with van der Waals surface area (Å²) >= 11 is 0. The minimum atomic E-state index is -0.910. The fraction of sp³-hybridized carbons (Fsp3) is 0.447. The van der Waals surface area contributed by atoms with Gasteiger partial charge in [0.05, 0.1) is 39.5 Å². The van der Waals surface area contributed by atoms with Crippen LogP contribution in [0.5, 0.6) is 23.0 Å². The zero-order chi connectivity index (χ0) is 37.3. The van der Waals surface area contributed by atoms with Gasteiger partial charge in [-0.15, -0.1) is 0 Å². The zero-order valence-electron chi connectivity index (χ0n) is 31.3. The largest absolute Gasteiger partial charge is 0.497 e. The van der Waals surface area contributed by atoms with E-state index in [4.69, 9.17) is 33.4 Å². The predicted molar refractivity (Wildman–Crippen MR) is 197 cm³/mol. The van der Waals surface area contributed by atoms with E-state index in [2.05, 4.69) is 20.5 Å². The van der Waals surface area contributed by atoms with E-state index in [1.54, 1.807) is 70.0 Å². The quantitative estimate of drug-likeness (QED) is 0.112. The lowest BCUT2D eigenvalue weighted by Crippen LogP contribution is -2.46. The van der Waals surface area contributed by atoms with E-state index in [1.165, 1.54) is 0 Å². The molecule has 0 unspecified atom stereocenters. The SMILES string of the molecule is COc1ccc(CN(Cc2ccc(OC)cc2OC)c2nc3ccc(NCC[C@H](NC(=O)OC(C)(C)C)C(=O)OC(C)(C)C)cc3[nH]2)c(OC)c1. The van der Waals surface area contributed by atoms with Crippen LogP contribution in [0.2, 0.25) is 0 Å². The van der Waals surface area contributed by atoms with E-state index in [0.717, 1.165) is 27.8 Å². The first-order valence-corrected chi connectivity index (χ1v) is 16.7. The smallest absolute Gasteiger partial charge is 0.408 e. The Hall–Kier alpha value is -5.33. The summed E-state index contributed by atoms with van der Waals surface area (Å²) in [5, 5.41) is 6.03. The zero-order valence-corrected chi connectivity index (χ0v) is 31.3. The molecule has 0 saturated carbocycles. The number of aromatic nitrogens is 2. The topological polar surface area (TPSA) is 146 Å². The van der Waals surface area contributed by atoms with E-state index in [-0.39, 0.29) is 6.42 Å². The number of nitrogens with one attached hydrogen (secondary N) is 3. The van der Waals surface area contributed by atoms with Gasteiger partial charge >= 0.3 is 12.1 Å². The molecule has 1 heterocycles. The molecule has 0 aliphatic carbocycles. The van der Waals surface area contributed by atoms with Crippen molar-refractivity contribution in [3.63, 3.8) is 0 Å². The molecule has 1 atom stereocenters. The Labute approximate surface area is 299 Å². The van der Waals surface area contributed by atoms with E-state index in [0.29, 0.717) is 48.6 Å². The van der Waals surface area contributed by atoms with Crippen molar-refractivity contribution >= 4 is 34.7 Å². The second kappa shape index (κ2) is 16.6. The summed E-state index contributed by atoms with van der Waals surface area (Å²) in [5.41, 5.74) is 2.82. The summed E-state index contributed by atoms with van der Waals surface area (Å²) in [5.74, 6) is 2.88. The maximum Gasteiger partial charge on any atom is 0.408 e. The molecule has 0 bridgehead atoms. The monoisotopic (exact) mass is 705 g/mol. The Morgan fingerprint density at radius 3 is 1.84 bits per heavy atom. The number of nitrogens with zero attached hydrogens (tertiary/aromatic N) is 2. The fourth-order valence-electron chi connectivity index (χ4n) is 5.27. The van der Waals surface area contributed by atoms with Gasteiger partial charge in [0.25, 0.3) is 0 Å². The molecule has 13 nitrogen and oxygen atoms in total. The van der Waals surface area contributed by atoms with Crippen molar-refractivity contribution in [3.05, 3.63) is 65.7 Å². The van der Waals surface area contributed by atoms with E-state index in [9.17, 15) is 9.59 Å². The van der Waals surface area contributed by atoms with Crippen molar-refractivity contribution in [1.82, 2.24) is 15.3 Å². The number of carbonyl (C=O) groups excluding carboxylic acids is 2. The van der Waals surface area contributed by atoms with Crippen LogP contribution in [0.15, 0.2) is 54.6 Å². The Bertz CT molecular complexity index is 1740. The van der Waals surface area contributed by atoms with Crippen LogP contribution in [-0.4, -0.2) is 74.3 Å². The highest BCUT2D eigenvalue weighted by Gasteiger charge is 2.28. The third kappa shape index (κ3) is 11.1. The summed E-state index contributed by atoms with van der Waals surface area (Å²) < 4.78 is 33.2. The van der Waals surface area contributed by atoms with Crippen molar-refractivity contribution in [1.29, 1.82) is 0 Å². The van der Waals surface area contributed by atoms with Crippen LogP contribution in [0, 0.1) is 0 Å². The van der Waals surface area contributed by atoms with Gasteiger partial charge in [0.1, 0.15) is 40.2 Å². The third-order valence-corrected chi connectivity index (χ3v) is 7.62. The number of amides is 1. The lowest BCUT2D eigenvalue weighted by Gasteiger charge is -2.26. The molecule has 51 heavy (non-hydrogen) atoms. The first-order chi connectivity index (χ1) is 24.1. The number of rotatable bonds is 15. The Morgan fingerprint density at radius 1 is 0.765 bits per heavy atom. The molecular weight excluding hydrogens is 654 g/mol. The standard InChI is InChI=1S/C38H51N5O8/c1-37(2,3)50-34(44)30(42-36(45)51-38(4,5)6)17-18-39-26-13-16-29-31(19-26)41-35(40-29)43(22-24-11-14-27(46-7)20-32(24)48-9)23-25-12-15-28(47-8)21-33(25)49-10/h11-16,19-21,30,39H,17-18,22-23H2,1-10H3,(H,40,41)(H,42,45)/t30-/m0/s1. The highest BCUT2D eigenvalue weighted by Crippen LogP contribution is 2.32. The van der Waals surface area contributed by atoms with Crippen molar-refractivity contribution in [2.75, 3.05) is 45.2 Å². The number of anilines is 2. The van der Waals surface area contributed by atoms with Gasteiger partial charge in [0.15, 0.2) is 0 Å². The summed E-state index contributed by atoms with van der Waals surface area (Å²) in [6.07, 6.45) is -0.421. The molecule has 0 spiro atoms. The van der Waals surface area contributed by atoms with Crippen LogP contribution >= 0.6 is 0 Å². The minimum Gasteiger partial charge on any atom is -0.497 e. The number of hydrogen-bond donors (Lipinski definition) is 3. The molecule has 4 rings (SSSR count). The number of aromatic amines is 1. The highest BCUT2D eigenvalue weighted by molar-refractivity contribution is 5.83. The molecule has 3 aromatic carbocycles. The van der Waals surface area contributed by atoms with Crippen LogP contribution < -0.4 is 34.5 Å². The summed E-state index contributed by atoms with van der Waals surface area (Å²) in [7, 11) is 6.51. The molecule has 0 fully saturated rings. The van der Waals surface area contributed by atoms with Crippen LogP contribution in [0.1, 0.15) is 59.1 Å². The minimum absolute atomic E-state index is 0.265. The Kier molecular flexibility index (Phi) is 12.5. The molecular formula is C38H51N5O8. The number of methoxy groups -OCH3 is 4. The number of hydrogen-bond acceptors (Lipinski definition) is 11. The molecule has 1 amide bonds. The number of ether oxygens (including phenoxy) is 6. The van der Waals surface area contributed by atoms with Crippen LogP contribution in [0.25, 0.3) is 11.0 Å². The maximum absolute atomic E-state index is 13.0. The van der Waals surface area contributed by atoms with Gasteiger partial charge < -0.3 is 48.9 Å². The lowest BCUT2D eigenvalue weighted by molar-refractivity contribution is -0.157. The molecule has 0 radical (unpaired) electrons. The summed E-state index contributed by atoms with van der Waals surface area (Å²) in [6, 6.07) is 16.3. The second-order valence-electron chi connectivity index (χ2n) is 14.0. The Balaban J connectivity index is 1.57. The number of H-pyrrole nitrogens is 1. The van der Waals surface area contributed by atoms with E-state index < -0.39 is 29.3 Å². The van der Waals surface area contributed by atoms with Gasteiger partial charge in [0.2, 0.25) is 5.95 Å². The average molecular weight is 706 g/mol. The molecule has 276 valence electrons. The molecule has 13 heteroatoms. The van der Waals surface area contributed by atoms with Crippen molar-refractivity contribution in [2.24, 2.45) is 0 Å². The van der Waals surface area contributed by atoms with Crippen LogP contribution in [-0.2, 0) is 27.4 Å².